The maximum atomic E-state index is 11.9. The number of nitrogens with zero attached hydrogens (tertiary/aromatic N) is 4. The van der Waals surface area contributed by atoms with Crippen molar-refractivity contribution in [3.63, 3.8) is 0 Å². The monoisotopic (exact) mass is 334 g/mol. The molecule has 2 saturated heterocycles. The van der Waals surface area contributed by atoms with E-state index in [2.05, 4.69) is 10.4 Å². The number of ether oxygens (including phenoxy) is 3. The zero-order valence-corrected chi connectivity index (χ0v) is 13.1. The maximum absolute atomic E-state index is 11.9. The first-order chi connectivity index (χ1) is 11.2. The summed E-state index contributed by atoms with van der Waals surface area (Å²) >= 11 is 5.47. The molecular weight excluding hydrogens is 320 g/mol. The number of rotatable bonds is 3. The van der Waals surface area contributed by atoms with Crippen LogP contribution in [0, 0.1) is 4.77 Å². The molecule has 2 aliphatic heterocycles. The van der Waals surface area contributed by atoms with Gasteiger partial charge in [-0.2, -0.15) is 4.68 Å². The minimum atomic E-state index is -0.737. The molecule has 120 valence electrons. The number of fused-ring (bicyclic) bond motifs is 2. The van der Waals surface area contributed by atoms with E-state index in [1.807, 2.05) is 24.3 Å². The zero-order chi connectivity index (χ0) is 16.0. The van der Waals surface area contributed by atoms with Gasteiger partial charge in [0.2, 0.25) is 11.1 Å². The number of ketones is 1. The summed E-state index contributed by atoms with van der Waals surface area (Å²) in [5, 5.41) is 8.23. The van der Waals surface area contributed by atoms with Crippen LogP contribution in [0.1, 0.15) is 12.5 Å². The molecule has 0 saturated carbocycles. The molecule has 2 aliphatic rings. The van der Waals surface area contributed by atoms with Crippen molar-refractivity contribution < 1.29 is 19.0 Å². The third-order valence-electron chi connectivity index (χ3n) is 4.03. The van der Waals surface area contributed by atoms with Crippen LogP contribution in [0.2, 0.25) is 0 Å². The Balaban J connectivity index is 1.71. The third-order valence-corrected chi connectivity index (χ3v) is 4.39. The summed E-state index contributed by atoms with van der Waals surface area (Å²) in [7, 11) is 1.59. The van der Waals surface area contributed by atoms with Gasteiger partial charge in [0.25, 0.3) is 0 Å². The van der Waals surface area contributed by atoms with Gasteiger partial charge in [-0.1, -0.05) is 6.07 Å². The van der Waals surface area contributed by atoms with E-state index < -0.39 is 6.29 Å². The van der Waals surface area contributed by atoms with Gasteiger partial charge < -0.3 is 14.2 Å². The lowest BCUT2D eigenvalue weighted by atomic mass is 10.0. The van der Waals surface area contributed by atoms with Crippen LogP contribution in [0.3, 0.4) is 0 Å². The lowest BCUT2D eigenvalue weighted by Crippen LogP contribution is -2.37. The molecule has 0 spiro atoms. The highest BCUT2D eigenvalue weighted by Gasteiger charge is 2.45. The normalized spacial score (nSPS) is 26.5. The van der Waals surface area contributed by atoms with E-state index in [-0.39, 0.29) is 24.3 Å². The highest BCUT2D eigenvalue weighted by Crippen LogP contribution is 2.32. The molecule has 2 aromatic rings. The summed E-state index contributed by atoms with van der Waals surface area (Å²) in [6.45, 7) is 0.356. The van der Waals surface area contributed by atoms with E-state index in [9.17, 15) is 4.79 Å². The van der Waals surface area contributed by atoms with E-state index in [0.717, 1.165) is 5.69 Å². The second kappa shape index (κ2) is 5.52. The van der Waals surface area contributed by atoms with Gasteiger partial charge in [-0.15, -0.1) is 0 Å². The summed E-state index contributed by atoms with van der Waals surface area (Å²) in [6, 6.07) is 7.05. The second-order valence-corrected chi connectivity index (χ2v) is 5.76. The molecule has 2 fully saturated rings. The van der Waals surface area contributed by atoms with Crippen molar-refractivity contribution in [1.82, 2.24) is 19.8 Å². The number of carbonyl (C=O) groups is 1. The van der Waals surface area contributed by atoms with Crippen molar-refractivity contribution in [2.24, 2.45) is 0 Å². The van der Waals surface area contributed by atoms with Crippen LogP contribution in [-0.4, -0.2) is 51.7 Å². The van der Waals surface area contributed by atoms with Crippen molar-refractivity contribution in [3.8, 4) is 11.4 Å². The van der Waals surface area contributed by atoms with Crippen molar-refractivity contribution in [2.45, 2.75) is 24.9 Å². The summed E-state index contributed by atoms with van der Waals surface area (Å²) in [5.74, 6) is 0.601. The fourth-order valence-electron chi connectivity index (χ4n) is 2.84. The van der Waals surface area contributed by atoms with Gasteiger partial charge in [0, 0.05) is 12.5 Å². The zero-order valence-electron chi connectivity index (χ0n) is 12.3. The largest absolute Gasteiger partial charge is 0.497 e. The Labute approximate surface area is 136 Å². The molecule has 23 heavy (non-hydrogen) atoms. The number of Topliss-reactive ketones (excluding diaryl/α,β-unsaturated/α-hetero) is 1. The molecule has 3 atom stereocenters. The Hall–Kier alpha value is -2.10. The quantitative estimate of drug-likeness (QED) is 0.777. The Morgan fingerprint density at radius 2 is 2.26 bits per heavy atom. The number of hydrogen-bond acceptors (Lipinski definition) is 7. The van der Waals surface area contributed by atoms with Gasteiger partial charge in [0.1, 0.15) is 11.9 Å². The first-order valence-corrected chi connectivity index (χ1v) is 7.57. The summed E-state index contributed by atoms with van der Waals surface area (Å²) < 4.78 is 19.6. The molecule has 2 bridgehead atoms. The first kappa shape index (κ1) is 14.5. The lowest BCUT2D eigenvalue weighted by Gasteiger charge is -2.25. The van der Waals surface area contributed by atoms with Crippen molar-refractivity contribution in [1.29, 1.82) is 0 Å². The smallest absolute Gasteiger partial charge is 0.221 e. The predicted molar refractivity (Wildman–Crippen MR) is 80.0 cm³/mol. The van der Waals surface area contributed by atoms with E-state index in [1.165, 1.54) is 4.68 Å². The molecule has 0 amide bonds. The van der Waals surface area contributed by atoms with E-state index >= 15 is 0 Å². The van der Waals surface area contributed by atoms with E-state index in [0.29, 0.717) is 17.1 Å². The maximum Gasteiger partial charge on any atom is 0.221 e. The molecule has 1 aromatic heterocycles. The van der Waals surface area contributed by atoms with Gasteiger partial charge in [-0.3, -0.25) is 4.79 Å². The van der Waals surface area contributed by atoms with Crippen LogP contribution in [0.15, 0.2) is 24.3 Å². The fourth-order valence-corrected chi connectivity index (χ4v) is 3.15. The molecular formula is C14H14N4O4S. The van der Waals surface area contributed by atoms with Gasteiger partial charge in [-0.05, 0) is 34.8 Å². The number of hydrogen-bond donors (Lipinski definition) is 0. The molecule has 3 heterocycles. The number of tetrazole rings is 1. The van der Waals surface area contributed by atoms with Gasteiger partial charge >= 0.3 is 0 Å². The number of benzene rings is 1. The first-order valence-electron chi connectivity index (χ1n) is 7.16. The van der Waals surface area contributed by atoms with Crippen LogP contribution >= 0.6 is 12.2 Å². The van der Waals surface area contributed by atoms with Gasteiger partial charge in [-0.25, -0.2) is 4.68 Å². The lowest BCUT2D eigenvalue weighted by molar-refractivity contribution is -0.156. The van der Waals surface area contributed by atoms with Crippen molar-refractivity contribution in [2.75, 3.05) is 13.7 Å². The Morgan fingerprint density at radius 1 is 1.39 bits per heavy atom. The van der Waals surface area contributed by atoms with E-state index in [1.54, 1.807) is 11.8 Å². The Kier molecular flexibility index (Phi) is 3.47. The van der Waals surface area contributed by atoms with Gasteiger partial charge in [0.15, 0.2) is 5.78 Å². The molecule has 0 unspecified atom stereocenters. The summed E-state index contributed by atoms with van der Waals surface area (Å²) in [4.78, 5) is 11.9. The molecule has 8 nitrogen and oxygen atoms in total. The predicted octanol–water partition coefficient (Wildman–Crippen LogP) is 1.06. The molecule has 4 rings (SSSR count). The van der Waals surface area contributed by atoms with Crippen LogP contribution in [0.4, 0.5) is 0 Å². The molecule has 0 aliphatic carbocycles. The summed E-state index contributed by atoms with van der Waals surface area (Å²) in [5.41, 5.74) is 0.740. The SMILES string of the molecule is COc1cccc(-n2nnn([C@H]3CC(=O)[C@H]4OC[C@@H]3O4)c2=S)c1. The highest BCUT2D eigenvalue weighted by atomic mass is 32.1. The highest BCUT2D eigenvalue weighted by molar-refractivity contribution is 7.71. The third kappa shape index (κ3) is 2.37. The fraction of sp³-hybridized carbons (Fsp3) is 0.429. The molecule has 9 heteroatoms. The second-order valence-electron chi connectivity index (χ2n) is 5.40. The van der Waals surface area contributed by atoms with Crippen molar-refractivity contribution in [3.05, 3.63) is 29.0 Å². The van der Waals surface area contributed by atoms with Gasteiger partial charge in [0.05, 0.1) is 25.4 Å². The van der Waals surface area contributed by atoms with E-state index in [4.69, 9.17) is 26.4 Å². The molecule has 1 aromatic carbocycles. The number of methoxy groups -OCH3 is 1. The Morgan fingerprint density at radius 3 is 3.09 bits per heavy atom. The minimum absolute atomic E-state index is 0.0958. The molecule has 0 N–H and O–H groups in total. The number of carbonyl (C=O) groups excluding carboxylic acids is 1. The van der Waals surface area contributed by atoms with Crippen molar-refractivity contribution >= 4 is 18.0 Å². The topological polar surface area (TPSA) is 80.4 Å². The Bertz CT molecular complexity index is 817. The molecule has 0 radical (unpaired) electrons. The van der Waals surface area contributed by atoms with Crippen LogP contribution < -0.4 is 4.74 Å². The summed E-state index contributed by atoms with van der Waals surface area (Å²) in [6.07, 6.45) is -0.695. The van der Waals surface area contributed by atoms with Crippen LogP contribution in [0.5, 0.6) is 5.75 Å². The van der Waals surface area contributed by atoms with Crippen LogP contribution in [-0.2, 0) is 14.3 Å². The average molecular weight is 334 g/mol. The van der Waals surface area contributed by atoms with Crippen LogP contribution in [0.25, 0.3) is 5.69 Å². The average Bonchev–Trinajstić information content (AvgIpc) is 3.17. The minimum Gasteiger partial charge on any atom is -0.497 e. The number of aromatic nitrogens is 4. The standard InChI is InChI=1S/C14H14N4O4S/c1-20-9-4-2-3-8(5-9)17-14(23)18(16-15-17)10-6-11(19)13-21-7-12(10)22-13/h2-5,10,12-13H,6-7H2,1H3/t10-,12-,13-/m0/s1.